The number of anilines is 1. The Morgan fingerprint density at radius 1 is 1.33 bits per heavy atom. The minimum atomic E-state index is -0.221. The molecular formula is C18H16BrN5O2S. The Morgan fingerprint density at radius 3 is 2.78 bits per heavy atom. The zero-order valence-corrected chi connectivity index (χ0v) is 16.8. The Bertz CT molecular complexity index is 959. The van der Waals surface area contributed by atoms with Crippen LogP contribution in [0.3, 0.4) is 0 Å². The largest absolute Gasteiger partial charge is 0.490 e. The normalized spacial score (nSPS) is 10.4. The predicted molar refractivity (Wildman–Crippen MR) is 107 cm³/mol. The van der Waals surface area contributed by atoms with E-state index < -0.39 is 0 Å². The first-order chi connectivity index (χ1) is 13.1. The van der Waals surface area contributed by atoms with Gasteiger partial charge in [0, 0.05) is 22.0 Å². The highest BCUT2D eigenvalue weighted by Gasteiger charge is 2.13. The molecule has 1 N–H and O–H groups in total. The van der Waals surface area contributed by atoms with Gasteiger partial charge in [0.1, 0.15) is 12.4 Å². The fourth-order valence-electron chi connectivity index (χ4n) is 2.15. The molecule has 0 bridgehead atoms. The number of rotatable bonds is 7. The van der Waals surface area contributed by atoms with Crippen LogP contribution in [0.1, 0.15) is 10.4 Å². The lowest BCUT2D eigenvalue weighted by Gasteiger charge is -2.11. The van der Waals surface area contributed by atoms with Gasteiger partial charge in [-0.05, 0) is 64.7 Å². The summed E-state index contributed by atoms with van der Waals surface area (Å²) in [6.45, 7) is 4.02. The third-order valence-electron chi connectivity index (χ3n) is 3.46. The third kappa shape index (κ3) is 4.95. The molecule has 27 heavy (non-hydrogen) atoms. The van der Waals surface area contributed by atoms with Gasteiger partial charge in [0.25, 0.3) is 5.91 Å². The molecule has 0 fully saturated rings. The van der Waals surface area contributed by atoms with Crippen molar-refractivity contribution in [3.8, 4) is 5.75 Å². The quantitative estimate of drug-likeness (QED) is 0.554. The molecule has 1 heterocycles. The molecular weight excluding hydrogens is 430 g/mol. The lowest BCUT2D eigenvalue weighted by Crippen LogP contribution is -2.12. The molecule has 138 valence electrons. The van der Waals surface area contributed by atoms with Crippen molar-refractivity contribution in [3.05, 3.63) is 65.2 Å². The van der Waals surface area contributed by atoms with Crippen LogP contribution >= 0.6 is 27.7 Å². The van der Waals surface area contributed by atoms with Crippen LogP contribution in [0.25, 0.3) is 0 Å². The van der Waals surface area contributed by atoms with Crippen molar-refractivity contribution >= 4 is 39.3 Å². The van der Waals surface area contributed by atoms with Crippen molar-refractivity contribution in [2.75, 3.05) is 11.9 Å². The van der Waals surface area contributed by atoms with Gasteiger partial charge in [0.05, 0.1) is 5.69 Å². The second kappa shape index (κ2) is 8.83. The van der Waals surface area contributed by atoms with E-state index in [1.807, 2.05) is 18.2 Å². The van der Waals surface area contributed by atoms with E-state index >= 15 is 0 Å². The van der Waals surface area contributed by atoms with Gasteiger partial charge in [-0.2, -0.15) is 0 Å². The van der Waals surface area contributed by atoms with Crippen LogP contribution < -0.4 is 10.1 Å². The molecule has 0 radical (unpaired) electrons. The predicted octanol–water partition coefficient (Wildman–Crippen LogP) is 3.94. The molecule has 0 aliphatic rings. The van der Waals surface area contributed by atoms with Crippen LogP contribution in [-0.2, 0) is 7.05 Å². The van der Waals surface area contributed by atoms with Crippen LogP contribution in [0.2, 0.25) is 0 Å². The number of aryl methyl sites for hydroxylation is 1. The molecule has 0 saturated carbocycles. The molecule has 0 unspecified atom stereocenters. The smallest absolute Gasteiger partial charge is 0.255 e. The van der Waals surface area contributed by atoms with E-state index in [-0.39, 0.29) is 5.91 Å². The number of nitrogens with zero attached hydrogens (tertiary/aromatic N) is 4. The topological polar surface area (TPSA) is 81.9 Å². The van der Waals surface area contributed by atoms with Crippen molar-refractivity contribution in [1.82, 2.24) is 20.2 Å². The second-order valence-electron chi connectivity index (χ2n) is 5.41. The first-order valence-electron chi connectivity index (χ1n) is 7.91. The maximum absolute atomic E-state index is 12.6. The Balaban J connectivity index is 1.78. The van der Waals surface area contributed by atoms with Crippen LogP contribution in [0, 0.1) is 0 Å². The highest BCUT2D eigenvalue weighted by atomic mass is 79.9. The Labute approximate surface area is 168 Å². The van der Waals surface area contributed by atoms with Gasteiger partial charge in [-0.1, -0.05) is 28.6 Å². The number of amides is 1. The minimum absolute atomic E-state index is 0.221. The van der Waals surface area contributed by atoms with Gasteiger partial charge >= 0.3 is 0 Å². The molecule has 0 spiro atoms. The summed E-state index contributed by atoms with van der Waals surface area (Å²) >= 11 is 4.80. The molecule has 0 aliphatic carbocycles. The van der Waals surface area contributed by atoms with Crippen LogP contribution in [-0.4, -0.2) is 32.7 Å². The van der Waals surface area contributed by atoms with Gasteiger partial charge in [0.2, 0.25) is 5.16 Å². The number of carbonyl (C=O) groups excluding carboxylic acids is 1. The van der Waals surface area contributed by atoms with Crippen molar-refractivity contribution in [2.24, 2.45) is 7.05 Å². The summed E-state index contributed by atoms with van der Waals surface area (Å²) in [5, 5.41) is 15.0. The average molecular weight is 446 g/mol. The summed E-state index contributed by atoms with van der Waals surface area (Å²) in [6, 6.07) is 12.6. The summed E-state index contributed by atoms with van der Waals surface area (Å²) < 4.78 is 7.86. The number of ether oxygens (including phenoxy) is 1. The number of hydrogen-bond acceptors (Lipinski definition) is 6. The molecule has 1 aromatic heterocycles. The standard InChI is InChI=1S/C18H16BrN5O2S/c1-3-10-26-14-7-4-12(5-8-14)17(25)20-15-11-13(19)6-9-16(15)27-18-21-22-23-24(18)2/h3-9,11H,1,10H2,2H3,(H,20,25). The fourth-order valence-corrected chi connectivity index (χ4v) is 3.31. The van der Waals surface area contributed by atoms with Crippen LogP contribution in [0.4, 0.5) is 5.69 Å². The fraction of sp³-hybridized carbons (Fsp3) is 0.111. The van der Waals surface area contributed by atoms with E-state index in [9.17, 15) is 4.79 Å². The lowest BCUT2D eigenvalue weighted by molar-refractivity contribution is 0.102. The summed E-state index contributed by atoms with van der Waals surface area (Å²) in [7, 11) is 1.76. The number of carbonyl (C=O) groups is 1. The van der Waals surface area contributed by atoms with Crippen molar-refractivity contribution in [1.29, 1.82) is 0 Å². The van der Waals surface area contributed by atoms with Crippen molar-refractivity contribution in [2.45, 2.75) is 10.1 Å². The maximum atomic E-state index is 12.6. The van der Waals surface area contributed by atoms with E-state index in [1.165, 1.54) is 11.8 Å². The highest BCUT2D eigenvalue weighted by Crippen LogP contribution is 2.34. The number of nitrogens with one attached hydrogen (secondary N) is 1. The molecule has 3 aromatic rings. The first kappa shape index (κ1) is 19.1. The summed E-state index contributed by atoms with van der Waals surface area (Å²) in [5.74, 6) is 0.459. The minimum Gasteiger partial charge on any atom is -0.490 e. The van der Waals surface area contributed by atoms with Gasteiger partial charge in [-0.25, -0.2) is 4.68 Å². The molecule has 0 aliphatic heterocycles. The third-order valence-corrected chi connectivity index (χ3v) is 5.05. The highest BCUT2D eigenvalue weighted by molar-refractivity contribution is 9.10. The molecule has 1 amide bonds. The Morgan fingerprint density at radius 2 is 2.11 bits per heavy atom. The number of tetrazole rings is 1. The van der Waals surface area contributed by atoms with E-state index in [1.54, 1.807) is 42.1 Å². The summed E-state index contributed by atoms with van der Waals surface area (Å²) in [5.41, 5.74) is 1.19. The maximum Gasteiger partial charge on any atom is 0.255 e. The first-order valence-corrected chi connectivity index (χ1v) is 9.52. The Kier molecular flexibility index (Phi) is 6.25. The van der Waals surface area contributed by atoms with E-state index in [0.29, 0.717) is 28.8 Å². The molecule has 0 saturated heterocycles. The Hall–Kier alpha value is -2.65. The molecule has 9 heteroatoms. The molecule has 0 atom stereocenters. The molecule has 3 rings (SSSR count). The molecule has 7 nitrogen and oxygen atoms in total. The number of hydrogen-bond donors (Lipinski definition) is 1. The van der Waals surface area contributed by atoms with Crippen molar-refractivity contribution in [3.63, 3.8) is 0 Å². The van der Waals surface area contributed by atoms with Crippen LogP contribution in [0.15, 0.2) is 69.6 Å². The van der Waals surface area contributed by atoms with Gasteiger partial charge < -0.3 is 10.1 Å². The zero-order chi connectivity index (χ0) is 19.2. The number of halogens is 1. The van der Waals surface area contributed by atoms with E-state index in [2.05, 4.69) is 43.4 Å². The average Bonchev–Trinajstić information content (AvgIpc) is 3.07. The van der Waals surface area contributed by atoms with Gasteiger partial charge in [-0.3, -0.25) is 4.79 Å². The van der Waals surface area contributed by atoms with Gasteiger partial charge in [-0.15, -0.1) is 5.10 Å². The van der Waals surface area contributed by atoms with Crippen molar-refractivity contribution < 1.29 is 9.53 Å². The monoisotopic (exact) mass is 445 g/mol. The van der Waals surface area contributed by atoms with E-state index in [4.69, 9.17) is 4.74 Å². The molecule has 2 aromatic carbocycles. The summed E-state index contributed by atoms with van der Waals surface area (Å²) in [4.78, 5) is 13.5. The lowest BCUT2D eigenvalue weighted by atomic mass is 10.2. The van der Waals surface area contributed by atoms with Crippen LogP contribution in [0.5, 0.6) is 5.75 Å². The number of benzene rings is 2. The zero-order valence-electron chi connectivity index (χ0n) is 14.4. The summed E-state index contributed by atoms with van der Waals surface area (Å²) in [6.07, 6.45) is 1.67. The van der Waals surface area contributed by atoms with Gasteiger partial charge in [0.15, 0.2) is 0 Å². The number of aromatic nitrogens is 4. The SMILES string of the molecule is C=CCOc1ccc(C(=O)Nc2cc(Br)ccc2Sc2nnnn2C)cc1. The van der Waals surface area contributed by atoms with E-state index in [0.717, 1.165) is 9.37 Å². The second-order valence-corrected chi connectivity index (χ2v) is 7.33.